The summed E-state index contributed by atoms with van der Waals surface area (Å²) in [4.78, 5) is 23.3. The summed E-state index contributed by atoms with van der Waals surface area (Å²) in [6, 6.07) is 4.46. The summed E-state index contributed by atoms with van der Waals surface area (Å²) < 4.78 is 20.2. The highest BCUT2D eigenvalue weighted by molar-refractivity contribution is 7.20. The summed E-state index contributed by atoms with van der Waals surface area (Å²) in [7, 11) is 0. The zero-order chi connectivity index (χ0) is 24.2. The molecule has 3 N–H and O–H groups in total. The molecule has 9 heteroatoms. The van der Waals surface area contributed by atoms with E-state index in [1.54, 1.807) is 6.07 Å². The van der Waals surface area contributed by atoms with Crippen LogP contribution in [0.2, 0.25) is 0 Å². The molecule has 186 valence electrons. The zero-order valence-electron chi connectivity index (χ0n) is 20.0. The molecule has 3 aromatic rings. The average molecular weight is 498 g/mol. The van der Waals surface area contributed by atoms with Gasteiger partial charge in [-0.2, -0.15) is 0 Å². The molecule has 7 nitrogen and oxygen atoms in total. The number of benzene rings is 1. The van der Waals surface area contributed by atoms with Crippen LogP contribution in [0.1, 0.15) is 60.2 Å². The van der Waals surface area contributed by atoms with Gasteiger partial charge in [-0.15, -0.1) is 11.3 Å². The van der Waals surface area contributed by atoms with Gasteiger partial charge in [-0.25, -0.2) is 14.4 Å². The minimum Gasteiger partial charge on any atom is -0.487 e. The first-order valence-corrected chi connectivity index (χ1v) is 13.4. The Morgan fingerprint density at radius 1 is 1.20 bits per heavy atom. The molecule has 1 aliphatic heterocycles. The molecular formula is C26H32FN5O2S. The first-order chi connectivity index (χ1) is 17.1. The van der Waals surface area contributed by atoms with E-state index in [1.165, 1.54) is 61.9 Å². The van der Waals surface area contributed by atoms with Gasteiger partial charge in [0.1, 0.15) is 34.6 Å². The molecule has 1 saturated heterocycles. The number of fused-ring (bicyclic) bond motifs is 1. The molecule has 1 saturated carbocycles. The fourth-order valence-corrected chi connectivity index (χ4v) is 6.08. The lowest BCUT2D eigenvalue weighted by atomic mass is 9.89. The molecule has 1 amide bonds. The molecule has 1 unspecified atom stereocenters. The number of amides is 1. The number of hydrogen-bond acceptors (Lipinski definition) is 7. The summed E-state index contributed by atoms with van der Waals surface area (Å²) >= 11 is 1.38. The number of aromatic nitrogens is 2. The largest absolute Gasteiger partial charge is 0.487 e. The van der Waals surface area contributed by atoms with Gasteiger partial charge in [0.2, 0.25) is 0 Å². The van der Waals surface area contributed by atoms with E-state index in [9.17, 15) is 9.18 Å². The Hall–Kier alpha value is -2.78. The molecule has 1 aliphatic carbocycles. The number of ether oxygens (including phenoxy) is 1. The SMILES string of the molecule is Cc1c(C(=O)NCC2CCCCC2)sc2ncnc(Nc3ccc(F)cc3OC3CCCNC3)c12. The highest BCUT2D eigenvalue weighted by Gasteiger charge is 2.22. The Morgan fingerprint density at radius 3 is 2.86 bits per heavy atom. The van der Waals surface area contributed by atoms with Crippen molar-refractivity contribution in [3.8, 4) is 5.75 Å². The average Bonchev–Trinajstić information content (AvgIpc) is 3.23. The number of anilines is 2. The summed E-state index contributed by atoms with van der Waals surface area (Å²) in [5, 5.41) is 10.6. The number of hydrogen-bond donors (Lipinski definition) is 3. The van der Waals surface area contributed by atoms with Crippen LogP contribution < -0.4 is 20.7 Å². The molecule has 2 aromatic heterocycles. The van der Waals surface area contributed by atoms with Crippen LogP contribution in [0.3, 0.4) is 0 Å². The third-order valence-corrected chi connectivity index (χ3v) is 8.15. The summed E-state index contributed by atoms with van der Waals surface area (Å²) in [5.41, 5.74) is 1.47. The maximum absolute atomic E-state index is 14.1. The van der Waals surface area contributed by atoms with E-state index < -0.39 is 0 Å². The van der Waals surface area contributed by atoms with Gasteiger partial charge in [-0.05, 0) is 62.8 Å². The topological polar surface area (TPSA) is 88.2 Å². The second-order valence-corrected chi connectivity index (χ2v) is 10.5. The molecular weight excluding hydrogens is 465 g/mol. The minimum absolute atomic E-state index is 0.0149. The minimum atomic E-state index is -0.356. The fourth-order valence-electron chi connectivity index (χ4n) is 5.02. The lowest BCUT2D eigenvalue weighted by Gasteiger charge is -2.25. The van der Waals surface area contributed by atoms with Crippen molar-refractivity contribution in [2.24, 2.45) is 5.92 Å². The van der Waals surface area contributed by atoms with Crippen LogP contribution in [-0.2, 0) is 0 Å². The Morgan fingerprint density at radius 2 is 2.06 bits per heavy atom. The Balaban J connectivity index is 1.37. The molecule has 1 aromatic carbocycles. The maximum Gasteiger partial charge on any atom is 0.261 e. The number of rotatable bonds is 7. The van der Waals surface area contributed by atoms with Crippen LogP contribution in [0.5, 0.6) is 5.75 Å². The van der Waals surface area contributed by atoms with Crippen molar-refractivity contribution in [2.45, 2.75) is 58.0 Å². The van der Waals surface area contributed by atoms with Crippen molar-refractivity contribution < 1.29 is 13.9 Å². The van der Waals surface area contributed by atoms with Gasteiger partial charge in [-0.1, -0.05) is 19.3 Å². The van der Waals surface area contributed by atoms with Crippen LogP contribution in [0.15, 0.2) is 24.5 Å². The number of thiophene rings is 1. The van der Waals surface area contributed by atoms with E-state index in [4.69, 9.17) is 4.74 Å². The van der Waals surface area contributed by atoms with Crippen LogP contribution in [0.25, 0.3) is 10.2 Å². The van der Waals surface area contributed by atoms with E-state index in [1.807, 2.05) is 6.92 Å². The number of piperidine rings is 1. The van der Waals surface area contributed by atoms with Crippen molar-refractivity contribution in [1.82, 2.24) is 20.6 Å². The van der Waals surface area contributed by atoms with Crippen LogP contribution >= 0.6 is 11.3 Å². The molecule has 3 heterocycles. The summed E-state index contributed by atoms with van der Waals surface area (Å²) in [6.45, 7) is 4.35. The smallest absolute Gasteiger partial charge is 0.261 e. The Bertz CT molecular complexity index is 1190. The van der Waals surface area contributed by atoms with Gasteiger partial charge < -0.3 is 20.7 Å². The van der Waals surface area contributed by atoms with Gasteiger partial charge in [-0.3, -0.25) is 4.79 Å². The van der Waals surface area contributed by atoms with Gasteiger partial charge in [0.15, 0.2) is 0 Å². The van der Waals surface area contributed by atoms with E-state index >= 15 is 0 Å². The number of nitrogens with one attached hydrogen (secondary N) is 3. The molecule has 2 aliphatic rings. The van der Waals surface area contributed by atoms with Gasteiger partial charge in [0.25, 0.3) is 5.91 Å². The molecule has 5 rings (SSSR count). The van der Waals surface area contributed by atoms with Crippen molar-refractivity contribution >= 4 is 39.0 Å². The number of nitrogens with zero attached hydrogens (tertiary/aromatic N) is 2. The number of aryl methyl sites for hydroxylation is 1. The molecule has 2 fully saturated rings. The Labute approximate surface area is 208 Å². The van der Waals surface area contributed by atoms with Gasteiger partial charge in [0, 0.05) is 19.2 Å². The standard InChI is InChI=1S/C26H32FN5O2S/c1-16-22-24(32-20-10-9-18(27)12-21(20)34-19-8-5-11-28-14-19)30-15-31-26(22)35-23(16)25(33)29-13-17-6-3-2-4-7-17/h9-10,12,15,17,19,28H,2-8,11,13-14H2,1H3,(H,29,33)(H,30,31,32). The third kappa shape index (κ3) is 5.56. The van der Waals surface area contributed by atoms with Crippen LogP contribution in [0.4, 0.5) is 15.9 Å². The lowest BCUT2D eigenvalue weighted by Crippen LogP contribution is -2.37. The second kappa shape index (κ2) is 10.9. The summed E-state index contributed by atoms with van der Waals surface area (Å²) in [5.74, 6) is 1.18. The first kappa shape index (κ1) is 23.9. The number of carbonyl (C=O) groups excluding carboxylic acids is 1. The molecule has 35 heavy (non-hydrogen) atoms. The molecule has 0 spiro atoms. The van der Waals surface area contributed by atoms with Crippen molar-refractivity contribution in [3.63, 3.8) is 0 Å². The molecule has 0 bridgehead atoms. The lowest BCUT2D eigenvalue weighted by molar-refractivity contribution is 0.0947. The van der Waals surface area contributed by atoms with Crippen molar-refractivity contribution in [2.75, 3.05) is 25.0 Å². The second-order valence-electron chi connectivity index (χ2n) is 9.52. The monoisotopic (exact) mass is 497 g/mol. The van der Waals surface area contributed by atoms with E-state index in [-0.39, 0.29) is 17.8 Å². The normalized spacial score (nSPS) is 19.0. The maximum atomic E-state index is 14.1. The quantitative estimate of drug-likeness (QED) is 0.409. The number of carbonyl (C=O) groups is 1. The van der Waals surface area contributed by atoms with Gasteiger partial charge >= 0.3 is 0 Å². The Kier molecular flexibility index (Phi) is 7.43. The van der Waals surface area contributed by atoms with E-state index in [2.05, 4.69) is 25.9 Å². The molecule has 0 radical (unpaired) electrons. The highest BCUT2D eigenvalue weighted by atomic mass is 32.1. The van der Waals surface area contributed by atoms with Crippen LogP contribution in [0, 0.1) is 18.7 Å². The fraction of sp³-hybridized carbons (Fsp3) is 0.500. The zero-order valence-corrected chi connectivity index (χ0v) is 20.8. The summed E-state index contributed by atoms with van der Waals surface area (Å²) in [6.07, 6.45) is 9.58. The van der Waals surface area contributed by atoms with E-state index in [0.29, 0.717) is 28.0 Å². The predicted octanol–water partition coefficient (Wildman–Crippen LogP) is 5.32. The van der Waals surface area contributed by atoms with E-state index in [0.717, 1.165) is 48.3 Å². The van der Waals surface area contributed by atoms with Crippen molar-refractivity contribution in [1.29, 1.82) is 0 Å². The first-order valence-electron chi connectivity index (χ1n) is 12.5. The number of halogens is 1. The highest BCUT2D eigenvalue weighted by Crippen LogP contribution is 2.37. The van der Waals surface area contributed by atoms with Crippen LogP contribution in [-0.4, -0.2) is 41.6 Å². The third-order valence-electron chi connectivity index (χ3n) is 6.95. The molecule has 1 atom stereocenters. The van der Waals surface area contributed by atoms with Crippen molar-refractivity contribution in [3.05, 3.63) is 40.8 Å². The van der Waals surface area contributed by atoms with Gasteiger partial charge in [0.05, 0.1) is 16.0 Å². The predicted molar refractivity (Wildman–Crippen MR) is 137 cm³/mol.